The Morgan fingerprint density at radius 1 is 1.22 bits per heavy atom. The van der Waals surface area contributed by atoms with Crippen molar-refractivity contribution in [2.75, 3.05) is 25.0 Å². The van der Waals surface area contributed by atoms with Crippen LogP contribution < -0.4 is 15.4 Å². The largest absolute Gasteiger partial charge is 0.493 e. The molecule has 0 fully saturated rings. The summed E-state index contributed by atoms with van der Waals surface area (Å²) >= 11 is 0. The maximum absolute atomic E-state index is 11.7. The summed E-state index contributed by atoms with van der Waals surface area (Å²) in [5.41, 5.74) is 2.29. The van der Waals surface area contributed by atoms with E-state index in [1.807, 2.05) is 32.0 Å². The van der Waals surface area contributed by atoms with E-state index >= 15 is 0 Å². The number of amides is 1. The highest BCUT2D eigenvalue weighted by Crippen LogP contribution is 2.20. The first kappa shape index (κ1) is 16.7. The fourth-order valence-electron chi connectivity index (χ4n) is 2.01. The van der Waals surface area contributed by atoms with Crippen molar-refractivity contribution < 1.29 is 9.53 Å². The van der Waals surface area contributed by atoms with Gasteiger partial charge >= 0.3 is 0 Å². The summed E-state index contributed by atoms with van der Waals surface area (Å²) in [4.78, 5) is 19.8. The first-order valence-corrected chi connectivity index (χ1v) is 7.62. The van der Waals surface area contributed by atoms with Crippen molar-refractivity contribution in [1.82, 2.24) is 15.3 Å². The van der Waals surface area contributed by atoms with E-state index in [0.717, 1.165) is 11.3 Å². The Hall–Kier alpha value is -2.63. The van der Waals surface area contributed by atoms with Gasteiger partial charge in [0.25, 0.3) is 0 Å². The van der Waals surface area contributed by atoms with Crippen molar-refractivity contribution in [2.45, 2.75) is 20.3 Å². The lowest BCUT2D eigenvalue weighted by Gasteiger charge is -2.11. The van der Waals surface area contributed by atoms with E-state index in [9.17, 15) is 4.79 Å². The first-order valence-electron chi connectivity index (χ1n) is 7.62. The molecule has 2 rings (SSSR count). The number of aryl methyl sites for hydroxylation is 1. The zero-order valence-corrected chi connectivity index (χ0v) is 13.5. The lowest BCUT2D eigenvalue weighted by Crippen LogP contribution is -2.29. The number of hydrogen-bond donors (Lipinski definition) is 2. The molecule has 0 radical (unpaired) electrons. The van der Waals surface area contributed by atoms with Crippen molar-refractivity contribution in [3.8, 4) is 5.75 Å². The van der Waals surface area contributed by atoms with Crippen LogP contribution >= 0.6 is 0 Å². The van der Waals surface area contributed by atoms with Crippen molar-refractivity contribution in [2.24, 2.45) is 0 Å². The highest BCUT2D eigenvalue weighted by molar-refractivity contribution is 5.76. The summed E-state index contributed by atoms with van der Waals surface area (Å²) in [6, 6.07) is 5.92. The quantitative estimate of drug-likeness (QED) is 0.730. The first-order chi connectivity index (χ1) is 11.2. The second kappa shape index (κ2) is 8.73. The molecule has 1 aromatic carbocycles. The smallest absolute Gasteiger partial charge is 0.223 e. The van der Waals surface area contributed by atoms with Crippen molar-refractivity contribution in [3.05, 3.63) is 47.9 Å². The fraction of sp³-hybridized carbons (Fsp3) is 0.353. The summed E-state index contributed by atoms with van der Waals surface area (Å²) in [7, 11) is 0. The molecule has 0 aliphatic heterocycles. The van der Waals surface area contributed by atoms with Crippen LogP contribution in [-0.4, -0.2) is 35.6 Å². The van der Waals surface area contributed by atoms with Gasteiger partial charge in [-0.3, -0.25) is 9.78 Å². The van der Waals surface area contributed by atoms with Gasteiger partial charge in [0.2, 0.25) is 5.91 Å². The zero-order chi connectivity index (χ0) is 16.5. The molecule has 1 heterocycles. The Kier molecular flexibility index (Phi) is 6.35. The fourth-order valence-corrected chi connectivity index (χ4v) is 2.01. The molecule has 0 saturated carbocycles. The van der Waals surface area contributed by atoms with Crippen molar-refractivity contribution in [3.63, 3.8) is 0 Å². The lowest BCUT2D eigenvalue weighted by molar-refractivity contribution is -0.121. The summed E-state index contributed by atoms with van der Waals surface area (Å²) in [5, 5.41) is 5.91. The SMILES string of the molecule is Cc1cccc(OCCC(=O)NCCNc2cnccn2)c1C. The lowest BCUT2D eigenvalue weighted by atomic mass is 10.1. The van der Waals surface area contributed by atoms with Crippen molar-refractivity contribution in [1.29, 1.82) is 0 Å². The molecule has 23 heavy (non-hydrogen) atoms. The number of ether oxygens (including phenoxy) is 1. The van der Waals surface area contributed by atoms with Gasteiger partial charge in [-0.1, -0.05) is 12.1 Å². The van der Waals surface area contributed by atoms with E-state index in [2.05, 4.69) is 20.6 Å². The maximum Gasteiger partial charge on any atom is 0.223 e. The molecule has 1 aromatic heterocycles. The number of carbonyl (C=O) groups excluding carboxylic acids is 1. The third-order valence-corrected chi connectivity index (χ3v) is 3.46. The van der Waals surface area contributed by atoms with Gasteiger partial charge in [0.1, 0.15) is 11.6 Å². The van der Waals surface area contributed by atoms with E-state index < -0.39 is 0 Å². The molecule has 0 spiro atoms. The average Bonchev–Trinajstić information content (AvgIpc) is 2.56. The highest BCUT2D eigenvalue weighted by atomic mass is 16.5. The molecular weight excluding hydrogens is 292 g/mol. The van der Waals surface area contributed by atoms with E-state index in [4.69, 9.17) is 4.74 Å². The van der Waals surface area contributed by atoms with Crippen molar-refractivity contribution >= 4 is 11.7 Å². The second-order valence-corrected chi connectivity index (χ2v) is 5.16. The molecule has 122 valence electrons. The van der Waals surface area contributed by atoms with Gasteiger partial charge in [0.15, 0.2) is 0 Å². The molecular formula is C17H22N4O2. The number of nitrogens with zero attached hydrogens (tertiary/aromatic N) is 2. The van der Waals surface area contributed by atoms with E-state index in [0.29, 0.717) is 31.9 Å². The molecule has 6 heteroatoms. The molecule has 6 nitrogen and oxygen atoms in total. The second-order valence-electron chi connectivity index (χ2n) is 5.16. The maximum atomic E-state index is 11.7. The Morgan fingerprint density at radius 3 is 2.87 bits per heavy atom. The van der Waals surface area contributed by atoms with Crippen LogP contribution in [-0.2, 0) is 4.79 Å². The summed E-state index contributed by atoms with van der Waals surface area (Å²) in [6.07, 6.45) is 5.20. The van der Waals surface area contributed by atoms with Crippen LogP contribution in [0.15, 0.2) is 36.8 Å². The topological polar surface area (TPSA) is 76.1 Å². The number of nitrogens with one attached hydrogen (secondary N) is 2. The van der Waals surface area contributed by atoms with Gasteiger partial charge in [-0.25, -0.2) is 4.98 Å². The minimum absolute atomic E-state index is 0.0312. The van der Waals surface area contributed by atoms with Gasteiger partial charge in [-0.2, -0.15) is 0 Å². The molecule has 0 aliphatic rings. The van der Waals surface area contributed by atoms with Crippen LogP contribution in [0.2, 0.25) is 0 Å². The standard InChI is InChI=1S/C17H22N4O2/c1-13-4-3-5-15(14(13)2)23-11-6-17(22)21-10-9-20-16-12-18-7-8-19-16/h3-5,7-8,12H,6,9-11H2,1-2H3,(H,19,20)(H,21,22). The van der Waals surface area contributed by atoms with Gasteiger partial charge in [-0.05, 0) is 31.0 Å². The zero-order valence-electron chi connectivity index (χ0n) is 13.5. The van der Waals surface area contributed by atoms with E-state index in [1.54, 1.807) is 18.6 Å². The minimum atomic E-state index is -0.0312. The average molecular weight is 314 g/mol. The molecule has 0 atom stereocenters. The normalized spacial score (nSPS) is 10.2. The van der Waals surface area contributed by atoms with Crippen LogP contribution in [0.25, 0.3) is 0 Å². The Balaban J connectivity index is 1.61. The summed E-state index contributed by atoms with van der Waals surface area (Å²) in [6.45, 7) is 5.55. The molecule has 0 saturated heterocycles. The molecule has 1 amide bonds. The number of anilines is 1. The van der Waals surface area contributed by atoms with Gasteiger partial charge in [0, 0.05) is 25.5 Å². The third-order valence-electron chi connectivity index (χ3n) is 3.46. The minimum Gasteiger partial charge on any atom is -0.493 e. The molecule has 2 N–H and O–H groups in total. The molecule has 0 bridgehead atoms. The third kappa shape index (κ3) is 5.58. The number of aromatic nitrogens is 2. The Morgan fingerprint density at radius 2 is 2.09 bits per heavy atom. The number of hydrogen-bond acceptors (Lipinski definition) is 5. The molecule has 0 aliphatic carbocycles. The van der Waals surface area contributed by atoms with Crippen LogP contribution in [0.5, 0.6) is 5.75 Å². The monoisotopic (exact) mass is 314 g/mol. The molecule has 2 aromatic rings. The highest BCUT2D eigenvalue weighted by Gasteiger charge is 2.04. The van der Waals surface area contributed by atoms with Crippen LogP contribution in [0.4, 0.5) is 5.82 Å². The van der Waals surface area contributed by atoms with Crippen LogP contribution in [0, 0.1) is 13.8 Å². The number of benzene rings is 1. The predicted molar refractivity (Wildman–Crippen MR) is 89.6 cm³/mol. The number of rotatable bonds is 8. The Bertz CT molecular complexity index is 632. The Labute approximate surface area is 136 Å². The molecule has 0 unspecified atom stereocenters. The van der Waals surface area contributed by atoms with Gasteiger partial charge < -0.3 is 15.4 Å². The van der Waals surface area contributed by atoms with Gasteiger partial charge in [0.05, 0.1) is 19.2 Å². The van der Waals surface area contributed by atoms with Crippen LogP contribution in [0.3, 0.4) is 0 Å². The van der Waals surface area contributed by atoms with Gasteiger partial charge in [-0.15, -0.1) is 0 Å². The van der Waals surface area contributed by atoms with Crippen LogP contribution in [0.1, 0.15) is 17.5 Å². The summed E-state index contributed by atoms with van der Waals surface area (Å²) < 4.78 is 5.67. The predicted octanol–water partition coefficient (Wildman–Crippen LogP) is 2.09. The van der Waals surface area contributed by atoms with E-state index in [-0.39, 0.29) is 5.91 Å². The summed E-state index contributed by atoms with van der Waals surface area (Å²) in [5.74, 6) is 1.50. The van der Waals surface area contributed by atoms with E-state index in [1.165, 1.54) is 5.56 Å². The number of carbonyl (C=O) groups is 1.